The van der Waals surface area contributed by atoms with Crippen LogP contribution < -0.4 is 0 Å². The van der Waals surface area contributed by atoms with E-state index in [-0.39, 0.29) is 40.8 Å². The van der Waals surface area contributed by atoms with E-state index in [9.17, 15) is 40.3 Å². The SMILES string of the molecule is CC(C)(C)C(=O)CC(=O)C(F)(F)C(F)(F)C(F)(F)F.[Nd]. The predicted molar refractivity (Wildman–Crippen MR) is 50.0 cm³/mol. The standard InChI is InChI=1S/C10H11F7O2.Nd/c1-7(2,3)5(18)4-6(19)8(11,12)9(13,14)10(15,16)17;/h4H2,1-3H3;. The number of Topliss-reactive ketones (excluding diaryl/α,β-unsaturated/α-hetero) is 2. The van der Waals surface area contributed by atoms with Gasteiger partial charge in [-0.2, -0.15) is 30.7 Å². The van der Waals surface area contributed by atoms with E-state index in [1.165, 1.54) is 20.8 Å². The first kappa shape index (κ1) is 22.5. The quantitative estimate of drug-likeness (QED) is 0.496. The van der Waals surface area contributed by atoms with E-state index in [1.807, 2.05) is 0 Å². The Kier molecular flexibility index (Phi) is 7.34. The number of hydrogen-bond acceptors (Lipinski definition) is 2. The minimum atomic E-state index is -6.59. The number of carbonyl (C=O) groups is 2. The van der Waals surface area contributed by atoms with Gasteiger partial charge in [-0.3, -0.25) is 9.59 Å². The summed E-state index contributed by atoms with van der Waals surface area (Å²) in [5.74, 6) is -16.4. The minimum Gasteiger partial charge on any atom is -0.299 e. The van der Waals surface area contributed by atoms with Crippen molar-refractivity contribution in [2.24, 2.45) is 5.41 Å². The third-order valence-corrected chi connectivity index (χ3v) is 2.26. The average Bonchev–Trinajstić information content (AvgIpc) is 2.13. The van der Waals surface area contributed by atoms with Crippen LogP contribution in [0.3, 0.4) is 0 Å². The van der Waals surface area contributed by atoms with Crippen molar-refractivity contribution in [1.29, 1.82) is 0 Å². The zero-order chi connectivity index (χ0) is 15.9. The van der Waals surface area contributed by atoms with Crippen molar-refractivity contribution in [3.8, 4) is 0 Å². The van der Waals surface area contributed by atoms with Crippen LogP contribution in [0.1, 0.15) is 27.2 Å². The number of halogens is 7. The van der Waals surface area contributed by atoms with Crippen molar-refractivity contribution >= 4 is 11.6 Å². The summed E-state index contributed by atoms with van der Waals surface area (Å²) in [4.78, 5) is 22.1. The van der Waals surface area contributed by atoms with E-state index in [0.29, 0.717) is 0 Å². The fourth-order valence-corrected chi connectivity index (χ4v) is 0.875. The molecule has 0 saturated heterocycles. The summed E-state index contributed by atoms with van der Waals surface area (Å²) < 4.78 is 86.1. The molecule has 0 aromatic heterocycles. The maximum absolute atomic E-state index is 12.9. The molecule has 0 spiro atoms. The Bertz CT molecular complexity index is 382. The maximum atomic E-state index is 12.9. The van der Waals surface area contributed by atoms with E-state index in [1.54, 1.807) is 0 Å². The summed E-state index contributed by atoms with van der Waals surface area (Å²) >= 11 is 0. The minimum absolute atomic E-state index is 0. The number of alkyl halides is 7. The molecule has 20 heavy (non-hydrogen) atoms. The van der Waals surface area contributed by atoms with Crippen LogP contribution in [-0.2, 0) is 9.59 Å². The summed E-state index contributed by atoms with van der Waals surface area (Å²) in [6.07, 6.45) is -8.28. The second-order valence-corrected chi connectivity index (χ2v) is 4.92. The van der Waals surface area contributed by atoms with Crippen molar-refractivity contribution in [1.82, 2.24) is 0 Å². The van der Waals surface area contributed by atoms with Crippen LogP contribution in [0, 0.1) is 46.3 Å². The Balaban J connectivity index is 0. The Morgan fingerprint density at radius 2 is 1.15 bits per heavy atom. The number of rotatable bonds is 4. The van der Waals surface area contributed by atoms with Crippen molar-refractivity contribution < 1.29 is 81.2 Å². The fourth-order valence-electron chi connectivity index (χ4n) is 0.875. The van der Waals surface area contributed by atoms with E-state index in [2.05, 4.69) is 0 Å². The molecular formula is C10H11F7NdO2. The molecule has 10 heteroatoms. The first-order valence-corrected chi connectivity index (χ1v) is 4.94. The summed E-state index contributed by atoms with van der Waals surface area (Å²) in [5.41, 5.74) is -1.31. The third-order valence-electron chi connectivity index (χ3n) is 2.26. The van der Waals surface area contributed by atoms with Crippen molar-refractivity contribution in [2.75, 3.05) is 0 Å². The van der Waals surface area contributed by atoms with Gasteiger partial charge in [0.05, 0.1) is 6.42 Å². The molecule has 2 nitrogen and oxygen atoms in total. The number of hydrogen-bond donors (Lipinski definition) is 0. The van der Waals surface area contributed by atoms with Gasteiger partial charge < -0.3 is 0 Å². The summed E-state index contributed by atoms with van der Waals surface area (Å²) in [6, 6.07) is 0. The van der Waals surface area contributed by atoms with Crippen molar-refractivity contribution in [2.45, 2.75) is 45.2 Å². The molecule has 0 aliphatic carbocycles. The molecule has 0 amide bonds. The van der Waals surface area contributed by atoms with Gasteiger partial charge >= 0.3 is 18.0 Å². The number of carbonyl (C=O) groups excluding carboxylic acids is 2. The van der Waals surface area contributed by atoms with Gasteiger partial charge in [0, 0.05) is 46.3 Å². The van der Waals surface area contributed by atoms with Gasteiger partial charge in [0.25, 0.3) is 0 Å². The molecule has 0 aromatic rings. The van der Waals surface area contributed by atoms with Crippen LogP contribution >= 0.6 is 0 Å². The molecule has 0 atom stereocenters. The van der Waals surface area contributed by atoms with Gasteiger partial charge in [0.2, 0.25) is 5.78 Å². The summed E-state index contributed by atoms with van der Waals surface area (Å²) in [6.45, 7) is 3.63. The third kappa shape index (κ3) is 4.60. The Labute approximate surface area is 143 Å². The van der Waals surface area contributed by atoms with Gasteiger partial charge in [0.1, 0.15) is 5.78 Å². The molecule has 0 N–H and O–H groups in total. The molecule has 0 aliphatic heterocycles. The molecule has 0 unspecified atom stereocenters. The molecule has 0 heterocycles. The second kappa shape index (κ2) is 6.53. The fraction of sp³-hybridized carbons (Fsp3) is 0.800. The van der Waals surface area contributed by atoms with Gasteiger partial charge in [-0.25, -0.2) is 0 Å². The van der Waals surface area contributed by atoms with Crippen LogP contribution in [0.4, 0.5) is 30.7 Å². The van der Waals surface area contributed by atoms with Crippen molar-refractivity contribution in [3.05, 3.63) is 0 Å². The van der Waals surface area contributed by atoms with E-state index < -0.39 is 41.4 Å². The van der Waals surface area contributed by atoms with Crippen LogP contribution in [0.2, 0.25) is 0 Å². The van der Waals surface area contributed by atoms with E-state index in [4.69, 9.17) is 0 Å². The van der Waals surface area contributed by atoms with Gasteiger partial charge in [-0.05, 0) is 0 Å². The second-order valence-electron chi connectivity index (χ2n) is 4.92. The number of ketones is 2. The van der Waals surface area contributed by atoms with E-state index in [0.717, 1.165) is 0 Å². The van der Waals surface area contributed by atoms with Gasteiger partial charge in [-0.15, -0.1) is 0 Å². The zero-order valence-corrected chi connectivity index (χ0v) is 13.9. The van der Waals surface area contributed by atoms with Crippen molar-refractivity contribution in [3.63, 3.8) is 0 Å². The summed E-state index contributed by atoms with van der Waals surface area (Å²) in [5, 5.41) is 0. The molecule has 0 radical (unpaired) electrons. The Morgan fingerprint density at radius 1 is 0.800 bits per heavy atom. The molecule has 0 rings (SSSR count). The van der Waals surface area contributed by atoms with Gasteiger partial charge in [-0.1, -0.05) is 20.8 Å². The smallest absolute Gasteiger partial charge is 0.299 e. The van der Waals surface area contributed by atoms with Crippen LogP contribution in [0.15, 0.2) is 0 Å². The monoisotopic (exact) mass is 438 g/mol. The largest absolute Gasteiger partial charge is 0.460 e. The molecule has 0 bridgehead atoms. The first-order valence-electron chi connectivity index (χ1n) is 4.94. The Hall–Kier alpha value is 0.201. The molecule has 0 saturated carbocycles. The van der Waals surface area contributed by atoms with Crippen LogP contribution in [-0.4, -0.2) is 29.6 Å². The molecule has 0 aliphatic rings. The molecular weight excluding hydrogens is 429 g/mol. The first-order chi connectivity index (χ1) is 8.05. The average molecular weight is 440 g/mol. The van der Waals surface area contributed by atoms with Gasteiger partial charge in [0.15, 0.2) is 0 Å². The van der Waals surface area contributed by atoms with Crippen LogP contribution in [0.25, 0.3) is 0 Å². The maximum Gasteiger partial charge on any atom is 0.460 e. The Morgan fingerprint density at radius 3 is 1.40 bits per heavy atom. The van der Waals surface area contributed by atoms with Crippen LogP contribution in [0.5, 0.6) is 0 Å². The predicted octanol–water partition coefficient (Wildman–Crippen LogP) is 3.39. The molecule has 116 valence electrons. The molecule has 0 aromatic carbocycles. The topological polar surface area (TPSA) is 34.1 Å². The zero-order valence-electron chi connectivity index (χ0n) is 10.7. The normalized spacial score (nSPS) is 13.7. The summed E-state index contributed by atoms with van der Waals surface area (Å²) in [7, 11) is 0. The molecule has 0 fully saturated rings. The van der Waals surface area contributed by atoms with E-state index >= 15 is 0 Å².